The molecular formula is C15H23NO3. The van der Waals surface area contributed by atoms with Crippen LogP contribution in [-0.4, -0.2) is 50.5 Å². The summed E-state index contributed by atoms with van der Waals surface area (Å²) in [6.45, 7) is 3.49. The molecule has 0 saturated carbocycles. The normalized spacial score (nSPS) is 21.5. The molecule has 0 amide bonds. The molecule has 2 atom stereocenters. The molecule has 106 valence electrons. The van der Waals surface area contributed by atoms with Crippen LogP contribution in [0.4, 0.5) is 0 Å². The lowest BCUT2D eigenvalue weighted by Gasteiger charge is -2.21. The zero-order chi connectivity index (χ0) is 13.7. The van der Waals surface area contributed by atoms with E-state index in [1.54, 1.807) is 14.2 Å². The average Bonchev–Trinajstić information content (AvgIpc) is 2.86. The van der Waals surface area contributed by atoms with Crippen LogP contribution in [0.15, 0.2) is 24.3 Å². The molecule has 1 heterocycles. The summed E-state index contributed by atoms with van der Waals surface area (Å²) < 4.78 is 10.5. The predicted octanol–water partition coefficient (Wildman–Crippen LogP) is 1.70. The van der Waals surface area contributed by atoms with Gasteiger partial charge in [-0.1, -0.05) is 18.2 Å². The zero-order valence-electron chi connectivity index (χ0n) is 11.7. The van der Waals surface area contributed by atoms with E-state index in [1.165, 1.54) is 0 Å². The second-order valence-corrected chi connectivity index (χ2v) is 5.13. The van der Waals surface area contributed by atoms with E-state index in [2.05, 4.69) is 4.90 Å². The molecule has 1 aromatic carbocycles. The van der Waals surface area contributed by atoms with Crippen LogP contribution in [0.1, 0.15) is 18.1 Å². The second kappa shape index (κ2) is 6.89. The lowest BCUT2D eigenvalue weighted by molar-refractivity contribution is 0.113. The Balaban J connectivity index is 1.92. The van der Waals surface area contributed by atoms with Gasteiger partial charge >= 0.3 is 0 Å². The van der Waals surface area contributed by atoms with Crippen LogP contribution in [0, 0.1) is 5.92 Å². The molecule has 1 N–H and O–H groups in total. The Kier molecular flexibility index (Phi) is 5.19. The zero-order valence-corrected chi connectivity index (χ0v) is 11.7. The number of nitrogens with zero attached hydrogens (tertiary/aromatic N) is 1. The number of rotatable bonds is 6. The van der Waals surface area contributed by atoms with Crippen LogP contribution >= 0.6 is 0 Å². The quantitative estimate of drug-likeness (QED) is 0.850. The van der Waals surface area contributed by atoms with Gasteiger partial charge in [0.25, 0.3) is 0 Å². The van der Waals surface area contributed by atoms with Crippen molar-refractivity contribution in [3.8, 4) is 5.75 Å². The fourth-order valence-electron chi connectivity index (χ4n) is 2.74. The molecule has 19 heavy (non-hydrogen) atoms. The number of para-hydroxylation sites is 1. The van der Waals surface area contributed by atoms with E-state index in [1.807, 2.05) is 24.3 Å². The highest BCUT2D eigenvalue weighted by molar-refractivity contribution is 5.35. The number of hydrogen-bond acceptors (Lipinski definition) is 4. The van der Waals surface area contributed by atoms with Crippen molar-refractivity contribution in [2.24, 2.45) is 5.92 Å². The van der Waals surface area contributed by atoms with Gasteiger partial charge in [0.2, 0.25) is 0 Å². The van der Waals surface area contributed by atoms with Gasteiger partial charge in [0, 0.05) is 25.8 Å². The third-order valence-corrected chi connectivity index (χ3v) is 3.70. The summed E-state index contributed by atoms with van der Waals surface area (Å²) in [6.07, 6.45) is 0.643. The maximum atomic E-state index is 10.4. The van der Waals surface area contributed by atoms with Gasteiger partial charge in [-0.15, -0.1) is 0 Å². The molecule has 0 radical (unpaired) electrons. The van der Waals surface area contributed by atoms with Crippen LogP contribution in [-0.2, 0) is 4.74 Å². The molecular weight excluding hydrogens is 242 g/mol. The molecule has 2 rings (SSSR count). The Morgan fingerprint density at radius 1 is 1.37 bits per heavy atom. The molecule has 0 aromatic heterocycles. The standard InChI is InChI=1S/C15H23NO3/c1-18-11-12-7-8-16(9-12)10-14(17)13-5-3-4-6-15(13)19-2/h3-6,12,14,17H,7-11H2,1-2H3. The SMILES string of the molecule is COCC1CCN(CC(O)c2ccccc2OC)C1. The Labute approximate surface area is 114 Å². The Hall–Kier alpha value is -1.10. The number of aliphatic hydroxyl groups is 1. The highest BCUT2D eigenvalue weighted by atomic mass is 16.5. The van der Waals surface area contributed by atoms with Gasteiger partial charge in [0.05, 0.1) is 19.8 Å². The topological polar surface area (TPSA) is 41.9 Å². The van der Waals surface area contributed by atoms with Gasteiger partial charge < -0.3 is 19.5 Å². The Morgan fingerprint density at radius 2 is 2.16 bits per heavy atom. The number of likely N-dealkylation sites (tertiary alicyclic amines) is 1. The predicted molar refractivity (Wildman–Crippen MR) is 74.4 cm³/mol. The van der Waals surface area contributed by atoms with Crippen molar-refractivity contribution < 1.29 is 14.6 Å². The van der Waals surface area contributed by atoms with Gasteiger partial charge in [-0.05, 0) is 24.9 Å². The minimum Gasteiger partial charge on any atom is -0.496 e. The van der Waals surface area contributed by atoms with Crippen molar-refractivity contribution >= 4 is 0 Å². The average molecular weight is 265 g/mol. The number of methoxy groups -OCH3 is 2. The first-order chi connectivity index (χ1) is 9.24. The van der Waals surface area contributed by atoms with E-state index in [-0.39, 0.29) is 0 Å². The number of benzene rings is 1. The van der Waals surface area contributed by atoms with Gasteiger partial charge in [0.1, 0.15) is 5.75 Å². The monoisotopic (exact) mass is 265 g/mol. The van der Waals surface area contributed by atoms with Gasteiger partial charge in [-0.3, -0.25) is 0 Å². The van der Waals surface area contributed by atoms with Crippen molar-refractivity contribution in [3.05, 3.63) is 29.8 Å². The highest BCUT2D eigenvalue weighted by Crippen LogP contribution is 2.27. The molecule has 1 saturated heterocycles. The lowest BCUT2D eigenvalue weighted by Crippen LogP contribution is -2.27. The summed E-state index contributed by atoms with van der Waals surface area (Å²) in [5, 5.41) is 10.4. The van der Waals surface area contributed by atoms with E-state index >= 15 is 0 Å². The summed E-state index contributed by atoms with van der Waals surface area (Å²) in [7, 11) is 3.38. The van der Waals surface area contributed by atoms with E-state index in [4.69, 9.17) is 9.47 Å². The van der Waals surface area contributed by atoms with E-state index in [9.17, 15) is 5.11 Å². The summed E-state index contributed by atoms with van der Waals surface area (Å²) in [4.78, 5) is 2.29. The minimum absolute atomic E-state index is 0.502. The van der Waals surface area contributed by atoms with Crippen molar-refractivity contribution in [3.63, 3.8) is 0 Å². The lowest BCUT2D eigenvalue weighted by atomic mass is 10.1. The van der Waals surface area contributed by atoms with Gasteiger partial charge in [-0.2, -0.15) is 0 Å². The van der Waals surface area contributed by atoms with E-state index in [0.29, 0.717) is 12.5 Å². The summed E-state index contributed by atoms with van der Waals surface area (Å²) in [6, 6.07) is 7.65. The van der Waals surface area contributed by atoms with E-state index in [0.717, 1.165) is 37.4 Å². The molecule has 0 spiro atoms. The van der Waals surface area contributed by atoms with Crippen LogP contribution < -0.4 is 4.74 Å². The van der Waals surface area contributed by atoms with Crippen LogP contribution in [0.25, 0.3) is 0 Å². The third-order valence-electron chi connectivity index (χ3n) is 3.70. The number of β-amino-alcohol motifs (C(OH)–C–C–N with tert-alkyl or cyclic N) is 1. The summed E-state index contributed by atoms with van der Waals surface area (Å²) in [5.74, 6) is 1.34. The molecule has 2 unspecified atom stereocenters. The first-order valence-electron chi connectivity index (χ1n) is 6.77. The van der Waals surface area contributed by atoms with Crippen molar-refractivity contribution in [1.29, 1.82) is 0 Å². The fraction of sp³-hybridized carbons (Fsp3) is 0.600. The molecule has 0 aliphatic carbocycles. The largest absolute Gasteiger partial charge is 0.496 e. The maximum Gasteiger partial charge on any atom is 0.124 e. The first-order valence-corrected chi connectivity index (χ1v) is 6.77. The maximum absolute atomic E-state index is 10.4. The van der Waals surface area contributed by atoms with E-state index < -0.39 is 6.10 Å². The molecule has 4 heteroatoms. The molecule has 0 bridgehead atoms. The van der Waals surface area contributed by atoms with Crippen LogP contribution in [0.5, 0.6) is 5.75 Å². The number of aliphatic hydroxyl groups excluding tert-OH is 1. The molecule has 1 aromatic rings. The third kappa shape index (κ3) is 3.69. The fourth-order valence-corrected chi connectivity index (χ4v) is 2.74. The van der Waals surface area contributed by atoms with Crippen LogP contribution in [0.3, 0.4) is 0 Å². The second-order valence-electron chi connectivity index (χ2n) is 5.13. The van der Waals surface area contributed by atoms with Crippen LogP contribution in [0.2, 0.25) is 0 Å². The molecule has 4 nitrogen and oxygen atoms in total. The Morgan fingerprint density at radius 3 is 2.89 bits per heavy atom. The van der Waals surface area contributed by atoms with Crippen molar-refractivity contribution in [1.82, 2.24) is 4.90 Å². The number of ether oxygens (including phenoxy) is 2. The first kappa shape index (κ1) is 14.3. The smallest absolute Gasteiger partial charge is 0.124 e. The van der Waals surface area contributed by atoms with Crippen molar-refractivity contribution in [2.45, 2.75) is 12.5 Å². The highest BCUT2D eigenvalue weighted by Gasteiger charge is 2.25. The summed E-state index contributed by atoms with van der Waals surface area (Å²) in [5.41, 5.74) is 0.861. The Bertz CT molecular complexity index is 397. The number of hydrogen-bond donors (Lipinski definition) is 1. The molecule has 1 fully saturated rings. The molecule has 1 aliphatic rings. The van der Waals surface area contributed by atoms with Crippen molar-refractivity contribution in [2.75, 3.05) is 40.5 Å². The summed E-state index contributed by atoms with van der Waals surface area (Å²) >= 11 is 0. The minimum atomic E-state index is -0.502. The van der Waals surface area contributed by atoms with Gasteiger partial charge in [-0.25, -0.2) is 0 Å². The molecule has 1 aliphatic heterocycles. The van der Waals surface area contributed by atoms with Gasteiger partial charge in [0.15, 0.2) is 0 Å².